The molecule has 2 aromatic rings. The quantitative estimate of drug-likeness (QED) is 0.512. The molecule has 0 bridgehead atoms. The molecule has 0 aliphatic rings. The van der Waals surface area contributed by atoms with Crippen LogP contribution in [0.4, 0.5) is 0 Å². The highest BCUT2D eigenvalue weighted by Gasteiger charge is 2.11. The average molecular weight is 247 g/mol. The molecule has 5 heteroatoms. The number of nitrogens with one attached hydrogen (secondary N) is 1. The summed E-state index contributed by atoms with van der Waals surface area (Å²) in [5.74, 6) is 0.519. The van der Waals surface area contributed by atoms with Crippen molar-refractivity contribution >= 4 is 17.5 Å². The fourth-order valence-corrected chi connectivity index (χ4v) is 2.31. The Morgan fingerprint density at radius 2 is 2.29 bits per heavy atom. The van der Waals surface area contributed by atoms with Crippen LogP contribution < -0.4 is 0 Å². The second kappa shape index (κ2) is 5.14. The van der Waals surface area contributed by atoms with E-state index >= 15 is 0 Å². The second-order valence-electron chi connectivity index (χ2n) is 3.75. The molecular formula is C12H13N3OS. The molecule has 0 fully saturated rings. The highest BCUT2D eigenvalue weighted by atomic mass is 32.2. The third-order valence-corrected chi connectivity index (χ3v) is 3.30. The summed E-state index contributed by atoms with van der Waals surface area (Å²) in [6.45, 7) is 3.86. The van der Waals surface area contributed by atoms with Gasteiger partial charge in [-0.1, -0.05) is 11.8 Å². The summed E-state index contributed by atoms with van der Waals surface area (Å²) >= 11 is 1.43. The van der Waals surface area contributed by atoms with Gasteiger partial charge in [-0.05, 0) is 26.0 Å². The molecule has 2 aromatic heterocycles. The van der Waals surface area contributed by atoms with Crippen LogP contribution in [-0.2, 0) is 0 Å². The van der Waals surface area contributed by atoms with Crippen LogP contribution in [0.1, 0.15) is 21.7 Å². The summed E-state index contributed by atoms with van der Waals surface area (Å²) in [6, 6.07) is 3.69. The Kier molecular flexibility index (Phi) is 3.58. The molecular weight excluding hydrogens is 234 g/mol. The van der Waals surface area contributed by atoms with Gasteiger partial charge >= 0.3 is 0 Å². The van der Waals surface area contributed by atoms with E-state index in [1.165, 1.54) is 18.1 Å². The summed E-state index contributed by atoms with van der Waals surface area (Å²) in [5, 5.41) is 0.818. The summed E-state index contributed by atoms with van der Waals surface area (Å²) in [5.41, 5.74) is 2.71. The number of rotatable bonds is 4. The molecule has 0 radical (unpaired) electrons. The van der Waals surface area contributed by atoms with Crippen molar-refractivity contribution in [3.63, 3.8) is 0 Å². The Morgan fingerprint density at radius 3 is 2.88 bits per heavy atom. The predicted molar refractivity (Wildman–Crippen MR) is 67.4 cm³/mol. The Bertz CT molecular complexity index is 522. The number of carbonyl (C=O) groups is 1. The number of carbonyl (C=O) groups excluding carboxylic acids is 1. The Labute approximate surface area is 104 Å². The van der Waals surface area contributed by atoms with Crippen molar-refractivity contribution in [2.24, 2.45) is 0 Å². The van der Waals surface area contributed by atoms with E-state index < -0.39 is 0 Å². The smallest absolute Gasteiger partial charge is 0.174 e. The lowest BCUT2D eigenvalue weighted by molar-refractivity contribution is 0.102. The third-order valence-electron chi connectivity index (χ3n) is 2.36. The highest BCUT2D eigenvalue weighted by Crippen LogP contribution is 2.17. The molecule has 0 amide bonds. The van der Waals surface area contributed by atoms with Crippen LogP contribution in [0, 0.1) is 13.8 Å². The van der Waals surface area contributed by atoms with E-state index in [0.29, 0.717) is 5.75 Å². The predicted octanol–water partition coefficient (Wildman–Crippen LogP) is 2.40. The van der Waals surface area contributed by atoms with Gasteiger partial charge in [-0.2, -0.15) is 0 Å². The van der Waals surface area contributed by atoms with E-state index in [2.05, 4.69) is 15.0 Å². The maximum Gasteiger partial charge on any atom is 0.174 e. The number of aromatic nitrogens is 3. The number of nitrogens with zero attached hydrogens (tertiary/aromatic N) is 2. The van der Waals surface area contributed by atoms with Gasteiger partial charge in [0, 0.05) is 23.1 Å². The van der Waals surface area contributed by atoms with Crippen LogP contribution in [0.5, 0.6) is 0 Å². The monoisotopic (exact) mass is 247 g/mol. The third kappa shape index (κ3) is 2.94. The standard InChI is InChI=1S/C12H13N3OS/c1-8-5-10(9(2)15-8)11(16)6-17-12-3-4-13-7-14-12/h3-5,7,15H,6H2,1-2H3. The number of Topliss-reactive ketones (excluding diaryl/α,β-unsaturated/α-hetero) is 1. The van der Waals surface area contributed by atoms with Crippen LogP contribution in [0.3, 0.4) is 0 Å². The summed E-state index contributed by atoms with van der Waals surface area (Å²) in [7, 11) is 0. The number of H-pyrrole nitrogens is 1. The molecule has 0 aromatic carbocycles. The van der Waals surface area contributed by atoms with Gasteiger partial charge in [0.15, 0.2) is 5.78 Å². The second-order valence-corrected chi connectivity index (χ2v) is 4.75. The fourth-order valence-electron chi connectivity index (χ4n) is 1.59. The molecule has 0 aliphatic carbocycles. The molecule has 0 spiro atoms. The molecule has 0 saturated heterocycles. The molecule has 17 heavy (non-hydrogen) atoms. The zero-order valence-electron chi connectivity index (χ0n) is 9.73. The Balaban J connectivity index is 2.01. The maximum atomic E-state index is 12.0. The molecule has 1 N–H and O–H groups in total. The minimum Gasteiger partial charge on any atom is -0.362 e. The lowest BCUT2D eigenvalue weighted by atomic mass is 10.2. The molecule has 88 valence electrons. The highest BCUT2D eigenvalue weighted by molar-refractivity contribution is 7.99. The van der Waals surface area contributed by atoms with Gasteiger partial charge in [-0.3, -0.25) is 4.79 Å². The zero-order chi connectivity index (χ0) is 12.3. The van der Waals surface area contributed by atoms with E-state index in [0.717, 1.165) is 22.0 Å². The molecule has 2 heterocycles. The minimum atomic E-state index is 0.121. The number of aryl methyl sites for hydroxylation is 2. The topological polar surface area (TPSA) is 58.6 Å². The van der Waals surface area contributed by atoms with Gasteiger partial charge < -0.3 is 4.98 Å². The largest absolute Gasteiger partial charge is 0.362 e. The minimum absolute atomic E-state index is 0.121. The van der Waals surface area contributed by atoms with Gasteiger partial charge in [0.1, 0.15) is 6.33 Å². The Hall–Kier alpha value is -1.62. The first-order valence-corrected chi connectivity index (χ1v) is 6.23. The van der Waals surface area contributed by atoms with E-state index in [4.69, 9.17) is 0 Å². The number of ketones is 1. The molecule has 0 unspecified atom stereocenters. The van der Waals surface area contributed by atoms with Crippen LogP contribution in [0.25, 0.3) is 0 Å². The van der Waals surface area contributed by atoms with Gasteiger partial charge in [0.2, 0.25) is 0 Å². The van der Waals surface area contributed by atoms with Crippen molar-refractivity contribution in [2.45, 2.75) is 18.9 Å². The van der Waals surface area contributed by atoms with Gasteiger partial charge in [0.25, 0.3) is 0 Å². The molecule has 0 aliphatic heterocycles. The van der Waals surface area contributed by atoms with Gasteiger partial charge in [-0.15, -0.1) is 0 Å². The van der Waals surface area contributed by atoms with Crippen molar-refractivity contribution in [3.05, 3.63) is 41.6 Å². The molecule has 4 nitrogen and oxygen atoms in total. The van der Waals surface area contributed by atoms with E-state index in [1.807, 2.05) is 19.9 Å². The number of aromatic amines is 1. The summed E-state index contributed by atoms with van der Waals surface area (Å²) in [4.78, 5) is 23.0. The fraction of sp³-hybridized carbons (Fsp3) is 0.250. The first-order chi connectivity index (χ1) is 8.16. The first-order valence-electron chi connectivity index (χ1n) is 5.25. The first kappa shape index (κ1) is 11.9. The number of hydrogen-bond acceptors (Lipinski definition) is 4. The Morgan fingerprint density at radius 1 is 1.47 bits per heavy atom. The van der Waals surface area contributed by atoms with Crippen molar-refractivity contribution in [1.82, 2.24) is 15.0 Å². The van der Waals surface area contributed by atoms with Crippen LogP contribution >= 0.6 is 11.8 Å². The van der Waals surface area contributed by atoms with Crippen molar-refractivity contribution < 1.29 is 4.79 Å². The van der Waals surface area contributed by atoms with Crippen molar-refractivity contribution in [3.8, 4) is 0 Å². The van der Waals surface area contributed by atoms with Crippen LogP contribution in [0.2, 0.25) is 0 Å². The van der Waals surface area contributed by atoms with E-state index in [1.54, 1.807) is 12.3 Å². The zero-order valence-corrected chi connectivity index (χ0v) is 10.5. The van der Waals surface area contributed by atoms with Gasteiger partial charge in [0.05, 0.1) is 10.8 Å². The van der Waals surface area contributed by atoms with Gasteiger partial charge in [-0.25, -0.2) is 9.97 Å². The lowest BCUT2D eigenvalue weighted by Crippen LogP contribution is -2.03. The summed E-state index contributed by atoms with van der Waals surface area (Å²) in [6.07, 6.45) is 3.16. The molecule has 0 atom stereocenters. The van der Waals surface area contributed by atoms with E-state index in [9.17, 15) is 4.79 Å². The summed E-state index contributed by atoms with van der Waals surface area (Å²) < 4.78 is 0. The van der Waals surface area contributed by atoms with Crippen molar-refractivity contribution in [1.29, 1.82) is 0 Å². The number of thioether (sulfide) groups is 1. The average Bonchev–Trinajstić information content (AvgIpc) is 2.67. The number of hydrogen-bond donors (Lipinski definition) is 1. The van der Waals surface area contributed by atoms with Crippen LogP contribution in [0.15, 0.2) is 29.7 Å². The molecule has 2 rings (SSSR count). The van der Waals surface area contributed by atoms with Crippen molar-refractivity contribution in [2.75, 3.05) is 5.75 Å². The molecule has 0 saturated carbocycles. The van der Waals surface area contributed by atoms with Crippen LogP contribution in [-0.4, -0.2) is 26.5 Å². The SMILES string of the molecule is Cc1cc(C(=O)CSc2ccncn2)c(C)[nH]1. The van der Waals surface area contributed by atoms with E-state index in [-0.39, 0.29) is 5.78 Å². The maximum absolute atomic E-state index is 12.0. The lowest BCUT2D eigenvalue weighted by Gasteiger charge is -1.99. The normalized spacial score (nSPS) is 10.5.